The molecule has 0 aliphatic rings. The molecule has 0 saturated carbocycles. The molecular weight excluding hydrogens is 238 g/mol. The van der Waals surface area contributed by atoms with E-state index in [0.29, 0.717) is 22.8 Å². The number of hydrogen-bond donors (Lipinski definition) is 1. The van der Waals surface area contributed by atoms with E-state index in [0.717, 1.165) is 5.56 Å². The van der Waals surface area contributed by atoms with Crippen molar-refractivity contribution in [2.45, 2.75) is 24.3 Å². The summed E-state index contributed by atoms with van der Waals surface area (Å²) in [6.45, 7) is 1.93. The van der Waals surface area contributed by atoms with Gasteiger partial charge in [-0.05, 0) is 25.0 Å². The number of nitrogens with two attached hydrogens (primary N) is 1. The molecule has 4 nitrogen and oxygen atoms in total. The van der Waals surface area contributed by atoms with Gasteiger partial charge in [-0.15, -0.1) is 0 Å². The lowest BCUT2D eigenvalue weighted by atomic mass is 10.1. The third-order valence-corrected chi connectivity index (χ3v) is 3.36. The second-order valence-corrected chi connectivity index (χ2v) is 5.30. The predicted octanol–water partition coefficient (Wildman–Crippen LogP) is 1.33. The van der Waals surface area contributed by atoms with E-state index in [1.807, 2.05) is 13.0 Å². The Bertz CT molecular complexity index is 418. The Hall–Kier alpha value is -1.07. The zero-order chi connectivity index (χ0) is 13.0. The lowest BCUT2D eigenvalue weighted by Crippen LogP contribution is -2.18. The van der Waals surface area contributed by atoms with Crippen LogP contribution in [-0.4, -0.2) is 30.7 Å². The Morgan fingerprint density at radius 1 is 1.29 bits per heavy atom. The molecule has 0 saturated heterocycles. The van der Waals surface area contributed by atoms with Crippen LogP contribution in [0.4, 0.5) is 0 Å². The molecule has 96 valence electrons. The fraction of sp³-hybridized carbons (Fsp3) is 0.500. The maximum atomic E-state index is 11.6. The van der Waals surface area contributed by atoms with Crippen molar-refractivity contribution in [3.8, 4) is 11.5 Å². The Labute approximate surface area is 105 Å². The van der Waals surface area contributed by atoms with Gasteiger partial charge in [0.1, 0.15) is 11.5 Å². The van der Waals surface area contributed by atoms with Crippen molar-refractivity contribution in [2.24, 2.45) is 5.73 Å². The van der Waals surface area contributed by atoms with Gasteiger partial charge in [-0.25, -0.2) is 0 Å². The van der Waals surface area contributed by atoms with Crippen LogP contribution in [0, 0.1) is 0 Å². The van der Waals surface area contributed by atoms with Crippen LogP contribution < -0.4 is 15.2 Å². The van der Waals surface area contributed by atoms with Gasteiger partial charge in [0.15, 0.2) is 0 Å². The van der Waals surface area contributed by atoms with E-state index in [-0.39, 0.29) is 6.04 Å². The highest BCUT2D eigenvalue weighted by Gasteiger charge is 2.14. The molecule has 1 aromatic carbocycles. The molecule has 0 aromatic heterocycles. The Morgan fingerprint density at radius 3 is 2.29 bits per heavy atom. The van der Waals surface area contributed by atoms with Crippen molar-refractivity contribution in [1.29, 1.82) is 0 Å². The van der Waals surface area contributed by atoms with Crippen LogP contribution in [-0.2, 0) is 17.2 Å². The second kappa shape index (κ2) is 6.02. The van der Waals surface area contributed by atoms with Crippen molar-refractivity contribution in [3.63, 3.8) is 0 Å². The minimum Gasteiger partial charge on any atom is -0.496 e. The summed E-state index contributed by atoms with van der Waals surface area (Å²) in [6.07, 6.45) is 2.30. The topological polar surface area (TPSA) is 61.5 Å². The van der Waals surface area contributed by atoms with Gasteiger partial charge in [0.2, 0.25) is 0 Å². The van der Waals surface area contributed by atoms with Crippen LogP contribution >= 0.6 is 0 Å². The van der Waals surface area contributed by atoms with Gasteiger partial charge >= 0.3 is 0 Å². The minimum atomic E-state index is -1.11. The van der Waals surface area contributed by atoms with Gasteiger partial charge in [0.25, 0.3) is 0 Å². The molecule has 17 heavy (non-hydrogen) atoms. The van der Waals surface area contributed by atoms with Crippen LogP contribution in [0.5, 0.6) is 11.5 Å². The first kappa shape index (κ1) is 14.0. The van der Waals surface area contributed by atoms with Gasteiger partial charge in [-0.2, -0.15) is 0 Å². The van der Waals surface area contributed by atoms with Crippen molar-refractivity contribution < 1.29 is 13.7 Å². The van der Waals surface area contributed by atoms with E-state index in [9.17, 15) is 4.21 Å². The molecule has 1 rings (SSSR count). The standard InChI is InChI=1S/C12H19NO3S/c1-8(13)5-9-6-11(16-3)12(17(4)14)7-10(9)15-2/h6-8H,5,13H2,1-4H3/t8-,17?/m0/s1. The first-order chi connectivity index (χ1) is 7.99. The van der Waals surface area contributed by atoms with Gasteiger partial charge in [-0.3, -0.25) is 4.21 Å². The predicted molar refractivity (Wildman–Crippen MR) is 69.2 cm³/mol. The van der Waals surface area contributed by atoms with Gasteiger partial charge in [-0.1, -0.05) is 0 Å². The summed E-state index contributed by atoms with van der Waals surface area (Å²) in [4.78, 5) is 0.637. The van der Waals surface area contributed by atoms with E-state index >= 15 is 0 Å². The van der Waals surface area contributed by atoms with Crippen molar-refractivity contribution >= 4 is 10.8 Å². The van der Waals surface area contributed by atoms with E-state index in [4.69, 9.17) is 15.2 Å². The fourth-order valence-electron chi connectivity index (χ4n) is 1.66. The average Bonchev–Trinajstić information content (AvgIpc) is 2.27. The number of methoxy groups -OCH3 is 2. The Kier molecular flexibility index (Phi) is 4.96. The molecule has 0 spiro atoms. The molecule has 0 amide bonds. The molecule has 0 aliphatic carbocycles. The summed E-state index contributed by atoms with van der Waals surface area (Å²) in [5.74, 6) is 1.32. The summed E-state index contributed by atoms with van der Waals surface area (Å²) in [5.41, 5.74) is 6.75. The molecule has 1 unspecified atom stereocenters. The van der Waals surface area contributed by atoms with Crippen LogP contribution in [0.2, 0.25) is 0 Å². The lowest BCUT2D eigenvalue weighted by Gasteiger charge is -2.15. The smallest absolute Gasteiger partial charge is 0.135 e. The summed E-state index contributed by atoms with van der Waals surface area (Å²) >= 11 is 0. The third kappa shape index (κ3) is 3.44. The average molecular weight is 257 g/mol. The molecule has 5 heteroatoms. The second-order valence-electron chi connectivity index (χ2n) is 3.95. The quantitative estimate of drug-likeness (QED) is 0.864. The first-order valence-electron chi connectivity index (χ1n) is 5.33. The molecule has 1 aromatic rings. The minimum absolute atomic E-state index is 0.0339. The Morgan fingerprint density at radius 2 is 1.88 bits per heavy atom. The van der Waals surface area contributed by atoms with Crippen molar-refractivity contribution in [3.05, 3.63) is 17.7 Å². The molecular formula is C12H19NO3S. The van der Waals surface area contributed by atoms with Crippen LogP contribution in [0.15, 0.2) is 17.0 Å². The first-order valence-corrected chi connectivity index (χ1v) is 6.89. The maximum absolute atomic E-state index is 11.6. The number of ether oxygens (including phenoxy) is 2. The largest absolute Gasteiger partial charge is 0.496 e. The summed E-state index contributed by atoms with van der Waals surface area (Å²) in [6, 6.07) is 3.64. The van der Waals surface area contributed by atoms with Crippen LogP contribution in [0.3, 0.4) is 0 Å². The number of benzene rings is 1. The normalized spacial score (nSPS) is 14.2. The third-order valence-electron chi connectivity index (χ3n) is 2.42. The van der Waals surface area contributed by atoms with Gasteiger partial charge < -0.3 is 15.2 Å². The molecule has 2 atom stereocenters. The molecule has 0 fully saturated rings. The monoisotopic (exact) mass is 257 g/mol. The summed E-state index contributed by atoms with van der Waals surface area (Å²) in [5, 5.41) is 0. The van der Waals surface area contributed by atoms with E-state index in [1.165, 1.54) is 0 Å². The zero-order valence-corrected chi connectivity index (χ0v) is 11.5. The van der Waals surface area contributed by atoms with Crippen LogP contribution in [0.25, 0.3) is 0 Å². The molecule has 0 bridgehead atoms. The molecule has 0 radical (unpaired) electrons. The van der Waals surface area contributed by atoms with E-state index < -0.39 is 10.8 Å². The van der Waals surface area contributed by atoms with Crippen LogP contribution in [0.1, 0.15) is 12.5 Å². The highest BCUT2D eigenvalue weighted by Crippen LogP contribution is 2.31. The number of rotatable bonds is 5. The van der Waals surface area contributed by atoms with E-state index in [1.54, 1.807) is 26.5 Å². The zero-order valence-electron chi connectivity index (χ0n) is 10.6. The number of hydrogen-bond acceptors (Lipinski definition) is 4. The van der Waals surface area contributed by atoms with E-state index in [2.05, 4.69) is 0 Å². The van der Waals surface area contributed by atoms with Gasteiger partial charge in [0, 0.05) is 18.4 Å². The van der Waals surface area contributed by atoms with Gasteiger partial charge in [0.05, 0.1) is 29.9 Å². The summed E-state index contributed by atoms with van der Waals surface area (Å²) < 4.78 is 22.1. The Balaban J connectivity index is 3.27. The fourth-order valence-corrected chi connectivity index (χ4v) is 2.36. The van der Waals surface area contributed by atoms with Crippen molar-refractivity contribution in [1.82, 2.24) is 0 Å². The molecule has 2 N–H and O–H groups in total. The SMILES string of the molecule is COc1cc(S(C)=O)c(OC)cc1C[C@H](C)N. The highest BCUT2D eigenvalue weighted by atomic mass is 32.2. The maximum Gasteiger partial charge on any atom is 0.135 e. The molecule has 0 aliphatic heterocycles. The molecule has 0 heterocycles. The summed E-state index contributed by atoms with van der Waals surface area (Å²) in [7, 11) is 2.05. The van der Waals surface area contributed by atoms with Crippen molar-refractivity contribution in [2.75, 3.05) is 20.5 Å². The highest BCUT2D eigenvalue weighted by molar-refractivity contribution is 7.84. The lowest BCUT2D eigenvalue weighted by molar-refractivity contribution is 0.389.